The number of rotatable bonds is 6. The van der Waals surface area contributed by atoms with Gasteiger partial charge in [0.05, 0.1) is 0 Å². The van der Waals surface area contributed by atoms with Crippen LogP contribution in [0.4, 0.5) is 0 Å². The van der Waals surface area contributed by atoms with Gasteiger partial charge in [-0.05, 0) is 37.8 Å². The molecule has 0 radical (unpaired) electrons. The van der Waals surface area contributed by atoms with Crippen molar-refractivity contribution in [3.63, 3.8) is 0 Å². The number of aliphatic hydroxyl groups is 3. The molecule has 2 aromatic rings. The van der Waals surface area contributed by atoms with Gasteiger partial charge in [0.1, 0.15) is 17.3 Å². The van der Waals surface area contributed by atoms with Gasteiger partial charge in [0.2, 0.25) is 0 Å². The summed E-state index contributed by atoms with van der Waals surface area (Å²) >= 11 is 0. The molecule has 0 spiro atoms. The maximum absolute atomic E-state index is 12.7. The van der Waals surface area contributed by atoms with Gasteiger partial charge in [-0.2, -0.15) is 0 Å². The van der Waals surface area contributed by atoms with Crippen LogP contribution >= 0.6 is 0 Å². The lowest BCUT2D eigenvalue weighted by Gasteiger charge is -2.30. The van der Waals surface area contributed by atoms with E-state index in [0.717, 1.165) is 19.3 Å². The molecule has 1 fully saturated rings. The molecule has 0 heterocycles. The SMILES string of the molecule is CC(C)(O)C(=O)c1ccc(C(O)c2ccc(C(=O)C3(O)CCCCC3)cc2)cc1. The Morgan fingerprint density at radius 3 is 1.76 bits per heavy atom. The first-order chi connectivity index (χ1) is 13.6. The molecule has 5 nitrogen and oxygen atoms in total. The van der Waals surface area contributed by atoms with E-state index in [1.165, 1.54) is 13.8 Å². The molecule has 154 valence electrons. The van der Waals surface area contributed by atoms with E-state index < -0.39 is 17.3 Å². The van der Waals surface area contributed by atoms with Crippen molar-refractivity contribution >= 4 is 11.6 Å². The Morgan fingerprint density at radius 2 is 1.31 bits per heavy atom. The molecule has 1 aliphatic carbocycles. The molecule has 1 unspecified atom stereocenters. The van der Waals surface area contributed by atoms with Gasteiger partial charge in [-0.3, -0.25) is 9.59 Å². The van der Waals surface area contributed by atoms with Crippen molar-refractivity contribution in [3.05, 3.63) is 70.8 Å². The van der Waals surface area contributed by atoms with E-state index in [9.17, 15) is 24.9 Å². The maximum atomic E-state index is 12.7. The van der Waals surface area contributed by atoms with Crippen LogP contribution in [0.3, 0.4) is 0 Å². The van der Waals surface area contributed by atoms with Crippen LogP contribution in [0.2, 0.25) is 0 Å². The molecule has 1 aliphatic rings. The van der Waals surface area contributed by atoms with Crippen molar-refractivity contribution in [2.75, 3.05) is 0 Å². The average Bonchev–Trinajstić information content (AvgIpc) is 2.72. The van der Waals surface area contributed by atoms with E-state index in [4.69, 9.17) is 0 Å². The summed E-state index contributed by atoms with van der Waals surface area (Å²) in [6, 6.07) is 13.1. The monoisotopic (exact) mass is 396 g/mol. The molecule has 3 N–H and O–H groups in total. The highest BCUT2D eigenvalue weighted by Gasteiger charge is 2.37. The Bertz CT molecular complexity index is 869. The van der Waals surface area contributed by atoms with Crippen molar-refractivity contribution in [1.29, 1.82) is 0 Å². The van der Waals surface area contributed by atoms with Crippen LogP contribution in [0.1, 0.15) is 83.9 Å². The molecule has 1 saturated carbocycles. The molecule has 3 rings (SSSR count). The highest BCUT2D eigenvalue weighted by molar-refractivity contribution is 6.02. The Balaban J connectivity index is 1.74. The first kappa shape index (κ1) is 21.4. The van der Waals surface area contributed by atoms with Crippen molar-refractivity contribution in [2.45, 2.75) is 63.3 Å². The number of hydrogen-bond donors (Lipinski definition) is 3. The maximum Gasteiger partial charge on any atom is 0.194 e. The molecule has 1 atom stereocenters. The molecule has 29 heavy (non-hydrogen) atoms. The minimum Gasteiger partial charge on any atom is -0.384 e. The van der Waals surface area contributed by atoms with Crippen LogP contribution in [0.5, 0.6) is 0 Å². The number of Topliss-reactive ketones (excluding diaryl/α,β-unsaturated/α-hetero) is 2. The van der Waals surface area contributed by atoms with Gasteiger partial charge in [0.15, 0.2) is 11.6 Å². The van der Waals surface area contributed by atoms with Gasteiger partial charge in [-0.1, -0.05) is 67.8 Å². The topological polar surface area (TPSA) is 94.8 Å². The zero-order chi connectivity index (χ0) is 21.2. The minimum atomic E-state index is -1.45. The zero-order valence-corrected chi connectivity index (χ0v) is 16.9. The molecule has 0 bridgehead atoms. The van der Waals surface area contributed by atoms with E-state index in [1.807, 2.05) is 0 Å². The zero-order valence-electron chi connectivity index (χ0n) is 16.9. The molecule has 5 heteroatoms. The van der Waals surface area contributed by atoms with Gasteiger partial charge in [-0.15, -0.1) is 0 Å². The predicted octanol–water partition coefficient (Wildman–Crippen LogP) is 3.60. The third-order valence-corrected chi connectivity index (χ3v) is 5.64. The Morgan fingerprint density at radius 1 is 0.862 bits per heavy atom. The molecular weight excluding hydrogens is 368 g/mol. The van der Waals surface area contributed by atoms with Gasteiger partial charge in [0, 0.05) is 11.1 Å². The summed E-state index contributed by atoms with van der Waals surface area (Å²) < 4.78 is 0. The van der Waals surface area contributed by atoms with Crippen LogP contribution < -0.4 is 0 Å². The predicted molar refractivity (Wildman–Crippen MR) is 110 cm³/mol. The summed E-state index contributed by atoms with van der Waals surface area (Å²) in [5, 5.41) is 31.1. The molecule has 0 saturated heterocycles. The van der Waals surface area contributed by atoms with Gasteiger partial charge in [-0.25, -0.2) is 0 Å². The van der Waals surface area contributed by atoms with E-state index >= 15 is 0 Å². The van der Waals surface area contributed by atoms with Gasteiger partial charge < -0.3 is 15.3 Å². The van der Waals surface area contributed by atoms with Crippen LogP contribution in [-0.2, 0) is 0 Å². The normalized spacial score (nSPS) is 17.6. The quantitative estimate of drug-likeness (QED) is 0.649. The van der Waals surface area contributed by atoms with E-state index in [-0.39, 0.29) is 11.6 Å². The molecule has 0 aromatic heterocycles. The molecule has 2 aromatic carbocycles. The summed E-state index contributed by atoms with van der Waals surface area (Å²) in [6.45, 7) is 2.87. The number of carbonyl (C=O) groups excluding carboxylic acids is 2. The number of ketones is 2. The first-order valence-electron chi connectivity index (χ1n) is 10.0. The minimum absolute atomic E-state index is 0.257. The fourth-order valence-corrected chi connectivity index (χ4v) is 3.81. The van der Waals surface area contributed by atoms with Crippen molar-refractivity contribution in [2.24, 2.45) is 0 Å². The average molecular weight is 396 g/mol. The second kappa shape index (κ2) is 8.19. The lowest BCUT2D eigenvalue weighted by atomic mass is 9.79. The highest BCUT2D eigenvalue weighted by Crippen LogP contribution is 2.32. The number of carbonyl (C=O) groups is 2. The Hall–Kier alpha value is -2.34. The second-order valence-electron chi connectivity index (χ2n) is 8.46. The van der Waals surface area contributed by atoms with Crippen molar-refractivity contribution in [1.82, 2.24) is 0 Å². The largest absolute Gasteiger partial charge is 0.384 e. The third kappa shape index (κ3) is 4.64. The number of aliphatic hydroxyl groups excluding tert-OH is 1. The highest BCUT2D eigenvalue weighted by atomic mass is 16.3. The van der Waals surface area contributed by atoms with Crippen LogP contribution in [-0.4, -0.2) is 38.1 Å². The standard InChI is InChI=1S/C24H28O5/c1-23(2,28)21(26)18-10-6-16(7-11-18)20(25)17-8-12-19(13-9-17)22(27)24(29)14-4-3-5-15-24/h6-13,20,25,28-29H,3-5,14-15H2,1-2H3. The number of benzene rings is 2. The van der Waals surface area contributed by atoms with Gasteiger partial charge >= 0.3 is 0 Å². The van der Waals surface area contributed by atoms with Crippen LogP contribution in [0.25, 0.3) is 0 Å². The molecule has 0 amide bonds. The van der Waals surface area contributed by atoms with E-state index in [2.05, 4.69) is 0 Å². The van der Waals surface area contributed by atoms with E-state index in [0.29, 0.717) is 35.1 Å². The van der Waals surface area contributed by atoms with Crippen molar-refractivity contribution < 1.29 is 24.9 Å². The van der Waals surface area contributed by atoms with E-state index in [1.54, 1.807) is 48.5 Å². The molecule has 0 aliphatic heterocycles. The lowest BCUT2D eigenvalue weighted by molar-refractivity contribution is 0.0116. The summed E-state index contributed by atoms with van der Waals surface area (Å²) in [6.07, 6.45) is 2.82. The number of hydrogen-bond acceptors (Lipinski definition) is 5. The third-order valence-electron chi connectivity index (χ3n) is 5.64. The summed E-state index contributed by atoms with van der Waals surface area (Å²) in [5.74, 6) is -0.644. The fraction of sp³-hybridized carbons (Fsp3) is 0.417. The first-order valence-corrected chi connectivity index (χ1v) is 10.0. The van der Waals surface area contributed by atoms with Crippen LogP contribution in [0.15, 0.2) is 48.5 Å². The fourth-order valence-electron chi connectivity index (χ4n) is 3.81. The second-order valence-corrected chi connectivity index (χ2v) is 8.46. The van der Waals surface area contributed by atoms with Crippen molar-refractivity contribution in [3.8, 4) is 0 Å². The summed E-state index contributed by atoms with van der Waals surface area (Å²) in [4.78, 5) is 24.8. The lowest BCUT2D eigenvalue weighted by Crippen LogP contribution is -2.40. The molecular formula is C24H28O5. The van der Waals surface area contributed by atoms with Crippen LogP contribution in [0, 0.1) is 0 Å². The Kier molecular flexibility index (Phi) is 6.03. The Labute approximate surface area is 171 Å². The smallest absolute Gasteiger partial charge is 0.194 e. The summed E-state index contributed by atoms with van der Waals surface area (Å²) in [5.41, 5.74) is -0.709. The summed E-state index contributed by atoms with van der Waals surface area (Å²) in [7, 11) is 0. The van der Waals surface area contributed by atoms with Gasteiger partial charge in [0.25, 0.3) is 0 Å².